The van der Waals surface area contributed by atoms with Gasteiger partial charge in [0.25, 0.3) is 5.69 Å². The third-order valence-corrected chi connectivity index (χ3v) is 6.93. The van der Waals surface area contributed by atoms with Gasteiger partial charge < -0.3 is 9.64 Å². The van der Waals surface area contributed by atoms with E-state index in [1.807, 2.05) is 43.9 Å². The van der Waals surface area contributed by atoms with Crippen molar-refractivity contribution in [3.8, 4) is 0 Å². The van der Waals surface area contributed by atoms with Gasteiger partial charge >= 0.3 is 6.09 Å². The summed E-state index contributed by atoms with van der Waals surface area (Å²) in [6.07, 6.45) is 3.40. The number of benzene rings is 2. The van der Waals surface area contributed by atoms with Crippen molar-refractivity contribution in [1.29, 1.82) is 0 Å². The Labute approximate surface area is 189 Å². The summed E-state index contributed by atoms with van der Waals surface area (Å²) in [6, 6.07) is 17.1. The Hall–Kier alpha value is -2.89. The Kier molecular flexibility index (Phi) is 5.51. The second-order valence-electron chi connectivity index (χ2n) is 10.5. The van der Waals surface area contributed by atoms with Crippen molar-refractivity contribution in [2.24, 2.45) is 5.92 Å². The van der Waals surface area contributed by atoms with Crippen LogP contribution in [0.2, 0.25) is 0 Å². The predicted octanol–water partition coefficient (Wildman–Crippen LogP) is 5.88. The molecule has 1 amide bonds. The highest BCUT2D eigenvalue weighted by atomic mass is 16.6. The number of nitro groups is 1. The van der Waals surface area contributed by atoms with Gasteiger partial charge in [0.15, 0.2) is 0 Å². The molecule has 2 fully saturated rings. The minimum Gasteiger partial charge on any atom is -0.444 e. The van der Waals surface area contributed by atoms with Gasteiger partial charge in [-0.3, -0.25) is 10.1 Å². The maximum Gasteiger partial charge on any atom is 0.410 e. The van der Waals surface area contributed by atoms with Crippen molar-refractivity contribution < 1.29 is 14.5 Å². The molecule has 1 unspecified atom stereocenters. The van der Waals surface area contributed by atoms with Crippen molar-refractivity contribution in [1.82, 2.24) is 4.90 Å². The molecule has 2 atom stereocenters. The molecule has 2 saturated carbocycles. The second-order valence-corrected chi connectivity index (χ2v) is 10.5. The van der Waals surface area contributed by atoms with Gasteiger partial charge in [-0.05, 0) is 63.5 Å². The number of hydrogen-bond acceptors (Lipinski definition) is 4. The van der Waals surface area contributed by atoms with Crippen LogP contribution >= 0.6 is 0 Å². The molecule has 2 aromatic rings. The molecule has 32 heavy (non-hydrogen) atoms. The van der Waals surface area contributed by atoms with E-state index in [2.05, 4.69) is 31.2 Å². The molecular formula is C26H32N2O4. The van der Waals surface area contributed by atoms with Crippen molar-refractivity contribution in [2.45, 2.75) is 69.9 Å². The molecule has 170 valence electrons. The van der Waals surface area contributed by atoms with Crippen LogP contribution in [0.3, 0.4) is 0 Å². The topological polar surface area (TPSA) is 72.7 Å². The maximum absolute atomic E-state index is 13.5. The summed E-state index contributed by atoms with van der Waals surface area (Å²) in [5, 5.41) is 11.0. The number of amides is 1. The summed E-state index contributed by atoms with van der Waals surface area (Å²) in [5.74, 6) is 0.330. The van der Waals surface area contributed by atoms with Crippen LogP contribution in [-0.4, -0.2) is 33.6 Å². The SMILES string of the molecule is C[C@@H]1CC1(Cc1ccc([N+](=O)[O-])cc1)N(CC1(c2ccccc2)CC1)C(=O)OC(C)(C)C. The monoisotopic (exact) mass is 436 g/mol. The molecule has 0 saturated heterocycles. The van der Waals surface area contributed by atoms with E-state index in [1.165, 1.54) is 5.56 Å². The van der Waals surface area contributed by atoms with Crippen LogP contribution in [-0.2, 0) is 16.6 Å². The number of ether oxygens (including phenoxy) is 1. The van der Waals surface area contributed by atoms with E-state index in [-0.39, 0.29) is 27.7 Å². The molecule has 0 heterocycles. The number of rotatable bonds is 7. The maximum atomic E-state index is 13.5. The zero-order valence-corrected chi connectivity index (χ0v) is 19.3. The van der Waals surface area contributed by atoms with E-state index in [0.717, 1.165) is 24.8 Å². The lowest BCUT2D eigenvalue weighted by molar-refractivity contribution is -0.384. The first-order chi connectivity index (χ1) is 15.0. The Morgan fingerprint density at radius 2 is 1.72 bits per heavy atom. The quantitative estimate of drug-likeness (QED) is 0.401. The fraction of sp³-hybridized carbons (Fsp3) is 0.500. The van der Waals surface area contributed by atoms with Crippen LogP contribution in [0, 0.1) is 16.0 Å². The molecule has 6 heteroatoms. The molecule has 2 aromatic carbocycles. The normalized spacial score (nSPS) is 23.3. The summed E-state index contributed by atoms with van der Waals surface area (Å²) >= 11 is 0. The van der Waals surface area contributed by atoms with Crippen LogP contribution in [0.1, 0.15) is 58.1 Å². The summed E-state index contributed by atoms with van der Waals surface area (Å²) in [7, 11) is 0. The standard InChI is InChI=1S/C26H32N2O4/c1-19-16-26(19,17-20-10-12-22(13-11-20)28(30)31)27(23(29)32-24(2,3)4)18-25(14-15-25)21-8-6-5-7-9-21/h5-13,19H,14-18H2,1-4H3/t19-,26?/m1/s1. The van der Waals surface area contributed by atoms with E-state index >= 15 is 0 Å². The average Bonchev–Trinajstić information content (AvgIpc) is 3.64. The molecule has 6 nitrogen and oxygen atoms in total. The van der Waals surface area contributed by atoms with Crippen molar-refractivity contribution in [3.63, 3.8) is 0 Å². The largest absolute Gasteiger partial charge is 0.444 e. The van der Waals surface area contributed by atoms with Crippen LogP contribution in [0.5, 0.6) is 0 Å². The smallest absolute Gasteiger partial charge is 0.410 e. The molecule has 2 aliphatic rings. The van der Waals surface area contributed by atoms with Crippen LogP contribution in [0.15, 0.2) is 54.6 Å². The molecule has 2 aliphatic carbocycles. The van der Waals surface area contributed by atoms with Gasteiger partial charge in [0.1, 0.15) is 5.60 Å². The molecule has 0 bridgehead atoms. The third kappa shape index (κ3) is 4.50. The van der Waals surface area contributed by atoms with Crippen LogP contribution < -0.4 is 0 Å². The van der Waals surface area contributed by atoms with E-state index in [0.29, 0.717) is 18.9 Å². The lowest BCUT2D eigenvalue weighted by Gasteiger charge is -2.37. The average molecular weight is 437 g/mol. The minimum atomic E-state index is -0.578. The lowest BCUT2D eigenvalue weighted by atomic mass is 9.93. The molecule has 4 rings (SSSR count). The van der Waals surface area contributed by atoms with E-state index in [4.69, 9.17) is 4.74 Å². The molecule has 0 spiro atoms. The van der Waals surface area contributed by atoms with Crippen molar-refractivity contribution in [3.05, 3.63) is 75.8 Å². The van der Waals surface area contributed by atoms with E-state index < -0.39 is 5.60 Å². The van der Waals surface area contributed by atoms with Gasteiger partial charge in [-0.15, -0.1) is 0 Å². The fourth-order valence-electron chi connectivity index (χ4n) is 4.78. The second kappa shape index (κ2) is 7.91. The van der Waals surface area contributed by atoms with Crippen LogP contribution in [0.25, 0.3) is 0 Å². The zero-order valence-electron chi connectivity index (χ0n) is 19.3. The first kappa shape index (κ1) is 22.3. The number of nitrogens with zero attached hydrogens (tertiary/aromatic N) is 2. The predicted molar refractivity (Wildman–Crippen MR) is 124 cm³/mol. The summed E-state index contributed by atoms with van der Waals surface area (Å²) in [6.45, 7) is 8.49. The van der Waals surface area contributed by atoms with Gasteiger partial charge in [0, 0.05) is 24.1 Å². The zero-order chi connectivity index (χ0) is 23.1. The highest BCUT2D eigenvalue weighted by molar-refractivity contribution is 5.71. The highest BCUT2D eigenvalue weighted by Gasteiger charge is 2.60. The van der Waals surface area contributed by atoms with Crippen molar-refractivity contribution >= 4 is 11.8 Å². The van der Waals surface area contributed by atoms with Gasteiger partial charge in [-0.1, -0.05) is 49.4 Å². The highest BCUT2D eigenvalue weighted by Crippen LogP contribution is 2.55. The number of non-ortho nitro benzene ring substituents is 1. The first-order valence-electron chi connectivity index (χ1n) is 11.3. The third-order valence-electron chi connectivity index (χ3n) is 6.93. The number of carbonyl (C=O) groups is 1. The van der Waals surface area contributed by atoms with Gasteiger partial charge in [-0.2, -0.15) is 0 Å². The van der Waals surface area contributed by atoms with Gasteiger partial charge in [-0.25, -0.2) is 4.79 Å². The Bertz CT molecular complexity index is 993. The molecule has 0 N–H and O–H groups in total. The van der Waals surface area contributed by atoms with Crippen LogP contribution in [0.4, 0.5) is 10.5 Å². The molecule has 0 radical (unpaired) electrons. The summed E-state index contributed by atoms with van der Waals surface area (Å²) < 4.78 is 5.87. The first-order valence-corrected chi connectivity index (χ1v) is 11.3. The molecule has 0 aliphatic heterocycles. The lowest BCUT2D eigenvalue weighted by Crippen LogP contribution is -2.50. The number of hydrogen-bond donors (Lipinski definition) is 0. The fourth-order valence-corrected chi connectivity index (χ4v) is 4.78. The minimum absolute atomic E-state index is 0.0249. The number of carbonyl (C=O) groups excluding carboxylic acids is 1. The van der Waals surface area contributed by atoms with Gasteiger partial charge in [0.2, 0.25) is 0 Å². The van der Waals surface area contributed by atoms with Gasteiger partial charge in [0.05, 0.1) is 10.5 Å². The Morgan fingerprint density at radius 1 is 1.12 bits per heavy atom. The summed E-state index contributed by atoms with van der Waals surface area (Å²) in [5.41, 5.74) is 1.42. The molecule has 0 aromatic heterocycles. The Morgan fingerprint density at radius 3 is 2.19 bits per heavy atom. The van der Waals surface area contributed by atoms with Crippen molar-refractivity contribution in [2.75, 3.05) is 6.54 Å². The van der Waals surface area contributed by atoms with E-state index in [9.17, 15) is 14.9 Å². The Balaban J connectivity index is 1.63. The summed E-state index contributed by atoms with van der Waals surface area (Å²) in [4.78, 5) is 26.1. The number of nitro benzene ring substituents is 1. The molecular weight excluding hydrogens is 404 g/mol. The van der Waals surface area contributed by atoms with E-state index in [1.54, 1.807) is 12.1 Å².